The Morgan fingerprint density at radius 1 is 1.06 bits per heavy atom. The van der Waals surface area contributed by atoms with E-state index in [4.69, 9.17) is 19.7 Å². The van der Waals surface area contributed by atoms with Crippen LogP contribution >= 0.6 is 11.8 Å². The lowest BCUT2D eigenvalue weighted by Gasteiger charge is -2.28. The number of nitrogens with one attached hydrogen (secondary N) is 3. The zero-order valence-corrected chi connectivity index (χ0v) is 28.2. The molecule has 1 saturated carbocycles. The van der Waals surface area contributed by atoms with Crippen LogP contribution in [0, 0.1) is 0 Å². The number of benzene rings is 2. The molecular weight excluding hydrogens is 636 g/mol. The van der Waals surface area contributed by atoms with E-state index in [2.05, 4.69) is 40.5 Å². The van der Waals surface area contributed by atoms with E-state index in [-0.39, 0.29) is 30.9 Å². The molecule has 6 rings (SSSR count). The minimum Gasteiger partial charge on any atom is -0.490 e. The molecule has 258 valence electrons. The number of amides is 1. The topological polar surface area (TPSA) is 183 Å². The van der Waals surface area contributed by atoms with Gasteiger partial charge < -0.3 is 40.4 Å². The summed E-state index contributed by atoms with van der Waals surface area (Å²) in [5, 5.41) is 35.4. The number of rotatable bonds is 14. The minimum atomic E-state index is -1.08. The molecule has 3 heterocycles. The molecule has 1 aromatic heterocycles. The molecule has 1 fully saturated rings. The quantitative estimate of drug-likeness (QED) is 0.139. The van der Waals surface area contributed by atoms with Gasteiger partial charge in [0, 0.05) is 47.2 Å². The summed E-state index contributed by atoms with van der Waals surface area (Å²) in [6, 6.07) is 11.9. The summed E-state index contributed by atoms with van der Waals surface area (Å²) < 4.78 is 12.2. The van der Waals surface area contributed by atoms with Crippen LogP contribution in [0.15, 0.2) is 47.6 Å². The molecule has 1 aliphatic carbocycles. The first kappa shape index (κ1) is 35.2. The first-order valence-corrected chi connectivity index (χ1v) is 17.3. The Morgan fingerprint density at radius 2 is 1.77 bits per heavy atom. The Hall–Kier alpha value is -4.07. The van der Waals surface area contributed by atoms with Crippen LogP contribution in [0.2, 0.25) is 0 Å². The van der Waals surface area contributed by atoms with Crippen LogP contribution in [0.5, 0.6) is 11.5 Å². The third-order valence-electron chi connectivity index (χ3n) is 8.84. The molecule has 13 heteroatoms. The molecule has 2 aromatic carbocycles. The predicted molar refractivity (Wildman–Crippen MR) is 186 cm³/mol. The van der Waals surface area contributed by atoms with Crippen molar-refractivity contribution in [3.05, 3.63) is 53.7 Å². The number of carbonyl (C=O) groups is 3. The van der Waals surface area contributed by atoms with Crippen molar-refractivity contribution in [1.29, 1.82) is 0 Å². The predicted octanol–water partition coefficient (Wildman–Crippen LogP) is 4.74. The number of nitrogens with zero attached hydrogens (tertiary/aromatic N) is 1. The summed E-state index contributed by atoms with van der Waals surface area (Å²) in [6.45, 7) is 6.20. The maximum atomic E-state index is 12.8. The van der Waals surface area contributed by atoms with Crippen molar-refractivity contribution in [1.82, 2.24) is 10.3 Å². The number of aromatic nitrogens is 1. The van der Waals surface area contributed by atoms with E-state index < -0.39 is 23.5 Å². The lowest BCUT2D eigenvalue weighted by Crippen LogP contribution is -2.46. The monoisotopic (exact) mass is 680 g/mol. The molecule has 6 N–H and O–H groups in total. The SMILES string of the molecule is CC(C)(Cc1c[nH]c2c(OCC3=NCCS3)cccc12)NC[C@H](O)COc1cccc2c1C1(CCCC1)C(=O)N2.O=C(O)CCC(=O)O. The number of anilines is 1. The number of thioether (sulfide) groups is 1. The van der Waals surface area contributed by atoms with Crippen molar-refractivity contribution in [3.8, 4) is 11.5 Å². The highest BCUT2D eigenvalue weighted by atomic mass is 32.2. The first-order chi connectivity index (χ1) is 23.0. The highest BCUT2D eigenvalue weighted by Crippen LogP contribution is 2.52. The fourth-order valence-electron chi connectivity index (χ4n) is 6.51. The van der Waals surface area contributed by atoms with Gasteiger partial charge in [0.05, 0.1) is 23.8 Å². The molecule has 3 aromatic rings. The number of carbonyl (C=O) groups excluding carboxylic acids is 1. The van der Waals surface area contributed by atoms with Gasteiger partial charge in [-0.15, -0.1) is 11.8 Å². The van der Waals surface area contributed by atoms with E-state index in [1.54, 1.807) is 11.8 Å². The number of aliphatic imine (C=N–C) groups is 1. The molecule has 1 spiro atoms. The number of aliphatic hydroxyl groups is 1. The number of carboxylic acids is 2. The van der Waals surface area contributed by atoms with Crippen molar-refractivity contribution in [3.63, 3.8) is 0 Å². The molecule has 0 unspecified atom stereocenters. The molecule has 0 saturated heterocycles. The highest BCUT2D eigenvalue weighted by molar-refractivity contribution is 8.14. The van der Waals surface area contributed by atoms with Crippen molar-refractivity contribution in [2.75, 3.05) is 37.4 Å². The molecule has 12 nitrogen and oxygen atoms in total. The molecule has 2 aliphatic heterocycles. The molecular formula is C35H44N4O8S. The van der Waals surface area contributed by atoms with Crippen molar-refractivity contribution in [2.45, 2.75) is 75.9 Å². The van der Waals surface area contributed by atoms with Crippen LogP contribution < -0.4 is 20.1 Å². The van der Waals surface area contributed by atoms with E-state index in [1.807, 2.05) is 36.5 Å². The van der Waals surface area contributed by atoms with Gasteiger partial charge in [0.2, 0.25) is 5.91 Å². The third kappa shape index (κ3) is 8.50. The Bertz CT molecular complexity index is 1650. The van der Waals surface area contributed by atoms with Gasteiger partial charge in [-0.1, -0.05) is 31.0 Å². The lowest BCUT2D eigenvalue weighted by atomic mass is 9.79. The Balaban J connectivity index is 0.000000503. The second-order valence-electron chi connectivity index (χ2n) is 13.0. The highest BCUT2D eigenvalue weighted by Gasteiger charge is 2.50. The molecule has 1 atom stereocenters. The van der Waals surface area contributed by atoms with E-state index in [0.29, 0.717) is 18.9 Å². The van der Waals surface area contributed by atoms with Crippen LogP contribution in [0.25, 0.3) is 10.9 Å². The zero-order valence-electron chi connectivity index (χ0n) is 27.3. The van der Waals surface area contributed by atoms with Crippen molar-refractivity contribution in [2.24, 2.45) is 4.99 Å². The second kappa shape index (κ2) is 15.4. The number of β-amino-alcohol motifs (C(OH)–C–C–N with tert-alkyl or cyclic N) is 1. The summed E-state index contributed by atoms with van der Waals surface area (Å²) in [5.41, 5.74) is 3.25. The molecule has 48 heavy (non-hydrogen) atoms. The van der Waals surface area contributed by atoms with Crippen LogP contribution in [-0.4, -0.2) is 86.9 Å². The fraction of sp³-hybridized carbons (Fsp3) is 0.486. The van der Waals surface area contributed by atoms with E-state index >= 15 is 0 Å². The van der Waals surface area contributed by atoms with E-state index in [1.165, 1.54) is 5.56 Å². The molecule has 0 radical (unpaired) electrons. The number of ether oxygens (including phenoxy) is 2. The number of aromatic amines is 1. The third-order valence-corrected chi connectivity index (χ3v) is 9.81. The van der Waals surface area contributed by atoms with E-state index in [0.717, 1.165) is 77.3 Å². The minimum absolute atomic E-state index is 0.0817. The average Bonchev–Trinajstić information content (AvgIpc) is 3.87. The number of carboxylic acid groups (broad SMARTS) is 2. The fourth-order valence-corrected chi connectivity index (χ4v) is 7.25. The van der Waals surface area contributed by atoms with Gasteiger partial charge in [0.1, 0.15) is 35.9 Å². The number of hydrogen-bond donors (Lipinski definition) is 6. The molecule has 3 aliphatic rings. The Labute approximate surface area is 283 Å². The second-order valence-corrected chi connectivity index (χ2v) is 14.2. The summed E-state index contributed by atoms with van der Waals surface area (Å²) in [6.07, 6.45) is 5.32. The summed E-state index contributed by atoms with van der Waals surface area (Å²) in [5.74, 6) is 0.497. The molecule has 0 bridgehead atoms. The van der Waals surface area contributed by atoms with Gasteiger partial charge in [-0.3, -0.25) is 19.4 Å². The van der Waals surface area contributed by atoms with Gasteiger partial charge in [0.25, 0.3) is 0 Å². The van der Waals surface area contributed by atoms with Crippen molar-refractivity contribution < 1.29 is 39.2 Å². The van der Waals surface area contributed by atoms with Crippen molar-refractivity contribution >= 4 is 51.2 Å². The van der Waals surface area contributed by atoms with Crippen LogP contribution in [0.1, 0.15) is 63.5 Å². The normalized spacial score (nSPS) is 17.0. The number of aliphatic hydroxyl groups excluding tert-OH is 1. The van der Waals surface area contributed by atoms with Gasteiger partial charge in [-0.25, -0.2) is 0 Å². The first-order valence-electron chi connectivity index (χ1n) is 16.3. The number of fused-ring (bicyclic) bond motifs is 3. The zero-order chi connectivity index (χ0) is 34.3. The Morgan fingerprint density at radius 3 is 2.46 bits per heavy atom. The van der Waals surface area contributed by atoms with Crippen LogP contribution in [0.3, 0.4) is 0 Å². The van der Waals surface area contributed by atoms with Crippen LogP contribution in [0.4, 0.5) is 5.69 Å². The van der Waals surface area contributed by atoms with Gasteiger partial charge in [0.15, 0.2) is 0 Å². The summed E-state index contributed by atoms with van der Waals surface area (Å²) >= 11 is 1.76. The number of para-hydroxylation sites is 1. The average molecular weight is 681 g/mol. The largest absolute Gasteiger partial charge is 0.490 e. The van der Waals surface area contributed by atoms with Gasteiger partial charge in [-0.05, 0) is 56.9 Å². The number of hydrogen-bond acceptors (Lipinski definition) is 9. The maximum absolute atomic E-state index is 12.8. The van der Waals surface area contributed by atoms with Crippen LogP contribution in [-0.2, 0) is 26.2 Å². The van der Waals surface area contributed by atoms with Gasteiger partial charge in [-0.2, -0.15) is 0 Å². The number of H-pyrrole nitrogens is 1. The smallest absolute Gasteiger partial charge is 0.303 e. The summed E-state index contributed by atoms with van der Waals surface area (Å²) in [7, 11) is 0. The standard InChI is InChI=1S/C31H38N4O4S.C4H6O4/c1-30(2,15-20-16-33-28-22(20)7-5-10-25(28)39-19-26-32-13-14-40-26)34-17-21(36)18-38-24-9-6-8-23-27(24)31(29(37)35-23)11-3-4-12-31;5-3(6)1-2-4(7)8/h5-10,16,21,33-34,36H,3-4,11-15,17-19H2,1-2H3,(H,35,37);1-2H2,(H,5,6)(H,7,8)/t21-;/m0./s1. The van der Waals surface area contributed by atoms with E-state index in [9.17, 15) is 19.5 Å². The summed E-state index contributed by atoms with van der Waals surface area (Å²) in [4.78, 5) is 40.0. The maximum Gasteiger partial charge on any atom is 0.303 e. The lowest BCUT2D eigenvalue weighted by molar-refractivity contribution is -0.143. The van der Waals surface area contributed by atoms with Gasteiger partial charge >= 0.3 is 11.9 Å². The molecule has 1 amide bonds. The Kier molecular flexibility index (Phi) is 11.3. The number of aliphatic carboxylic acids is 2.